The third-order valence-electron chi connectivity index (χ3n) is 1.99. The minimum absolute atomic E-state index is 0.0469. The first-order chi connectivity index (χ1) is 7.02. The smallest absolute Gasteiger partial charge is 0.307 e. The lowest BCUT2D eigenvalue weighted by molar-refractivity contribution is -0.144. The molecule has 0 heterocycles. The van der Waals surface area contributed by atoms with Gasteiger partial charge in [0.2, 0.25) is 5.91 Å². The van der Waals surface area contributed by atoms with Crippen molar-refractivity contribution >= 4 is 23.5 Å². The number of alkyl halides is 1. The molecule has 0 spiro atoms. The second-order valence-corrected chi connectivity index (χ2v) is 3.68. The number of nitrogens with zero attached hydrogens (tertiary/aromatic N) is 1. The minimum atomic E-state index is -0.282. The molecule has 0 aliphatic carbocycles. The number of rotatable bonds is 6. The van der Waals surface area contributed by atoms with Crippen molar-refractivity contribution in [2.75, 3.05) is 26.1 Å². The maximum absolute atomic E-state index is 11.5. The van der Waals surface area contributed by atoms with Crippen molar-refractivity contribution in [3.05, 3.63) is 0 Å². The Balaban J connectivity index is 3.87. The Kier molecular flexibility index (Phi) is 7.13. The molecule has 0 aliphatic heterocycles. The molecule has 0 aliphatic rings. The van der Waals surface area contributed by atoms with Gasteiger partial charge in [-0.05, 0) is 6.92 Å². The third-order valence-corrected chi connectivity index (χ3v) is 2.45. The van der Waals surface area contributed by atoms with Crippen LogP contribution in [0.1, 0.15) is 20.3 Å². The molecule has 1 amide bonds. The predicted molar refractivity (Wildman–Crippen MR) is 58.8 cm³/mol. The summed E-state index contributed by atoms with van der Waals surface area (Å²) in [6.45, 7) is 4.26. The van der Waals surface area contributed by atoms with E-state index in [1.54, 1.807) is 20.9 Å². The highest BCUT2D eigenvalue weighted by Gasteiger charge is 2.17. The molecule has 1 atom stereocenters. The lowest BCUT2D eigenvalue weighted by Crippen LogP contribution is -2.34. The fourth-order valence-corrected chi connectivity index (χ4v) is 1.18. The first-order valence-corrected chi connectivity index (χ1v) is 5.52. The van der Waals surface area contributed by atoms with Crippen LogP contribution in [0.2, 0.25) is 0 Å². The number of amides is 1. The normalized spacial score (nSPS) is 12.0. The van der Waals surface area contributed by atoms with Gasteiger partial charge in [-0.1, -0.05) is 6.92 Å². The van der Waals surface area contributed by atoms with E-state index in [4.69, 9.17) is 16.3 Å². The van der Waals surface area contributed by atoms with Crippen LogP contribution < -0.4 is 0 Å². The Labute approximate surface area is 95.5 Å². The van der Waals surface area contributed by atoms with Crippen molar-refractivity contribution in [3.8, 4) is 0 Å². The molecule has 15 heavy (non-hydrogen) atoms. The van der Waals surface area contributed by atoms with E-state index in [0.717, 1.165) is 0 Å². The molecule has 0 saturated heterocycles. The summed E-state index contributed by atoms with van der Waals surface area (Å²) >= 11 is 5.56. The Hall–Kier alpha value is -0.770. The van der Waals surface area contributed by atoms with Crippen molar-refractivity contribution < 1.29 is 14.3 Å². The standard InChI is InChI=1S/C10H18ClNO3/c1-4-15-9(13)5-6-12(3)10(14)8(2)7-11/h8H,4-7H2,1-3H3. The average Bonchev–Trinajstić information content (AvgIpc) is 2.24. The van der Waals surface area contributed by atoms with Gasteiger partial charge >= 0.3 is 5.97 Å². The molecule has 5 heteroatoms. The Morgan fingerprint density at radius 1 is 1.47 bits per heavy atom. The maximum Gasteiger partial charge on any atom is 0.307 e. The highest BCUT2D eigenvalue weighted by atomic mass is 35.5. The van der Waals surface area contributed by atoms with Gasteiger partial charge < -0.3 is 9.64 Å². The lowest BCUT2D eigenvalue weighted by atomic mass is 10.2. The molecule has 0 saturated carbocycles. The minimum Gasteiger partial charge on any atom is -0.466 e. The van der Waals surface area contributed by atoms with Gasteiger partial charge in [-0.25, -0.2) is 0 Å². The van der Waals surface area contributed by atoms with Crippen LogP contribution in [-0.2, 0) is 14.3 Å². The summed E-state index contributed by atoms with van der Waals surface area (Å²) in [4.78, 5) is 24.1. The predicted octanol–water partition coefficient (Wildman–Crippen LogP) is 1.27. The van der Waals surface area contributed by atoms with Crippen LogP contribution in [0.25, 0.3) is 0 Å². The molecule has 4 nitrogen and oxygen atoms in total. The highest BCUT2D eigenvalue weighted by Crippen LogP contribution is 2.03. The third kappa shape index (κ3) is 5.62. The number of carbonyl (C=O) groups is 2. The van der Waals surface area contributed by atoms with Gasteiger partial charge in [0.1, 0.15) is 0 Å². The number of halogens is 1. The maximum atomic E-state index is 11.5. The number of carbonyl (C=O) groups excluding carboxylic acids is 2. The average molecular weight is 236 g/mol. The second kappa shape index (κ2) is 7.51. The Bertz CT molecular complexity index is 221. The van der Waals surface area contributed by atoms with Crippen LogP contribution in [0.3, 0.4) is 0 Å². The van der Waals surface area contributed by atoms with Gasteiger partial charge in [-0.3, -0.25) is 9.59 Å². The molecule has 0 rings (SSSR count). The van der Waals surface area contributed by atoms with E-state index in [0.29, 0.717) is 19.0 Å². The van der Waals surface area contributed by atoms with Gasteiger partial charge in [0.15, 0.2) is 0 Å². The van der Waals surface area contributed by atoms with Crippen LogP contribution in [0.4, 0.5) is 0 Å². The monoisotopic (exact) mass is 235 g/mol. The van der Waals surface area contributed by atoms with Gasteiger partial charge in [0.05, 0.1) is 13.0 Å². The Morgan fingerprint density at radius 3 is 2.53 bits per heavy atom. The molecule has 0 fully saturated rings. The quantitative estimate of drug-likeness (QED) is 0.515. The molecule has 0 aromatic carbocycles. The fourth-order valence-electron chi connectivity index (χ4n) is 1.04. The van der Waals surface area contributed by atoms with Crippen molar-refractivity contribution in [2.45, 2.75) is 20.3 Å². The number of ether oxygens (including phenoxy) is 1. The van der Waals surface area contributed by atoms with Gasteiger partial charge in [0.25, 0.3) is 0 Å². The summed E-state index contributed by atoms with van der Waals surface area (Å²) in [5.41, 5.74) is 0. The zero-order valence-corrected chi connectivity index (χ0v) is 10.2. The number of esters is 1. The largest absolute Gasteiger partial charge is 0.466 e. The first-order valence-electron chi connectivity index (χ1n) is 4.99. The second-order valence-electron chi connectivity index (χ2n) is 3.37. The zero-order valence-electron chi connectivity index (χ0n) is 9.46. The lowest BCUT2D eigenvalue weighted by Gasteiger charge is -2.19. The van der Waals surface area contributed by atoms with Crippen molar-refractivity contribution in [1.29, 1.82) is 0 Å². The van der Waals surface area contributed by atoms with Gasteiger partial charge in [-0.15, -0.1) is 11.6 Å². The van der Waals surface area contributed by atoms with Crippen LogP contribution in [0.15, 0.2) is 0 Å². The molecule has 0 aromatic rings. The summed E-state index contributed by atoms with van der Waals surface area (Å²) in [7, 11) is 1.66. The van der Waals surface area contributed by atoms with Crippen molar-refractivity contribution in [1.82, 2.24) is 4.90 Å². The topological polar surface area (TPSA) is 46.6 Å². The summed E-state index contributed by atoms with van der Waals surface area (Å²) in [5, 5.41) is 0. The molecule has 0 bridgehead atoms. The van der Waals surface area contributed by atoms with Crippen LogP contribution in [0.5, 0.6) is 0 Å². The summed E-state index contributed by atoms with van der Waals surface area (Å²) in [6, 6.07) is 0. The summed E-state index contributed by atoms with van der Waals surface area (Å²) < 4.78 is 4.76. The molecule has 0 N–H and O–H groups in total. The first kappa shape index (κ1) is 14.2. The molecule has 0 aromatic heterocycles. The number of hydrogen-bond acceptors (Lipinski definition) is 3. The summed E-state index contributed by atoms with van der Waals surface area (Å²) in [6.07, 6.45) is 0.227. The van der Waals surface area contributed by atoms with E-state index in [1.807, 2.05) is 0 Å². The van der Waals surface area contributed by atoms with E-state index in [2.05, 4.69) is 0 Å². The molecule has 0 radical (unpaired) electrons. The highest BCUT2D eigenvalue weighted by molar-refractivity contribution is 6.19. The van der Waals surface area contributed by atoms with Crippen LogP contribution >= 0.6 is 11.6 Å². The van der Waals surface area contributed by atoms with E-state index in [9.17, 15) is 9.59 Å². The fraction of sp³-hybridized carbons (Fsp3) is 0.800. The van der Waals surface area contributed by atoms with E-state index < -0.39 is 0 Å². The van der Waals surface area contributed by atoms with Crippen molar-refractivity contribution in [2.24, 2.45) is 5.92 Å². The van der Waals surface area contributed by atoms with Crippen LogP contribution in [0, 0.1) is 5.92 Å². The number of hydrogen-bond donors (Lipinski definition) is 0. The van der Waals surface area contributed by atoms with Gasteiger partial charge in [-0.2, -0.15) is 0 Å². The Morgan fingerprint density at radius 2 is 2.07 bits per heavy atom. The molecule has 88 valence electrons. The van der Waals surface area contributed by atoms with Crippen molar-refractivity contribution in [3.63, 3.8) is 0 Å². The van der Waals surface area contributed by atoms with E-state index in [1.165, 1.54) is 4.90 Å². The zero-order chi connectivity index (χ0) is 11.8. The molecule has 1 unspecified atom stereocenters. The SMILES string of the molecule is CCOC(=O)CCN(C)C(=O)C(C)CCl. The van der Waals surface area contributed by atoms with Crippen LogP contribution in [-0.4, -0.2) is 42.9 Å². The van der Waals surface area contributed by atoms with E-state index in [-0.39, 0.29) is 24.2 Å². The van der Waals surface area contributed by atoms with E-state index >= 15 is 0 Å². The summed E-state index contributed by atoms with van der Waals surface area (Å²) in [5.74, 6) is -0.244. The molecular weight excluding hydrogens is 218 g/mol. The van der Waals surface area contributed by atoms with Gasteiger partial charge in [0, 0.05) is 25.4 Å². The molecular formula is C10H18ClNO3.